The first kappa shape index (κ1) is 12.0. The van der Waals surface area contributed by atoms with Gasteiger partial charge in [-0.25, -0.2) is 4.98 Å². The Morgan fingerprint density at radius 1 is 1.29 bits per heavy atom. The number of benzene rings is 1. The predicted molar refractivity (Wildman–Crippen MR) is 72.7 cm³/mol. The van der Waals surface area contributed by atoms with Crippen LogP contribution in [-0.4, -0.2) is 17.1 Å². The van der Waals surface area contributed by atoms with Crippen molar-refractivity contribution in [2.45, 2.75) is 19.6 Å². The molecule has 0 saturated carbocycles. The fraction of sp³-hybridized carbons (Fsp3) is 0.308. The van der Waals surface area contributed by atoms with Crippen molar-refractivity contribution >= 4 is 12.6 Å². The summed E-state index contributed by atoms with van der Waals surface area (Å²) in [4.78, 5) is 7.52. The average molecular weight is 248 g/mol. The summed E-state index contributed by atoms with van der Waals surface area (Å²) in [6, 6.07) is 4.04. The second-order valence-electron chi connectivity index (χ2n) is 3.97. The molecule has 1 aromatic carbocycles. The zero-order chi connectivity index (χ0) is 12.4. The van der Waals surface area contributed by atoms with Gasteiger partial charge in [-0.05, 0) is 37.1 Å². The largest absolute Gasteiger partial charge is 0.496 e. The number of nitrogens with one attached hydrogen (secondary N) is 1. The van der Waals surface area contributed by atoms with Gasteiger partial charge in [-0.15, -0.1) is 0 Å². The minimum Gasteiger partial charge on any atom is -0.496 e. The van der Waals surface area contributed by atoms with E-state index >= 15 is 0 Å². The lowest BCUT2D eigenvalue weighted by Gasteiger charge is -2.11. The number of imidazole rings is 1. The topological polar surface area (TPSA) is 37.9 Å². The van der Waals surface area contributed by atoms with Crippen molar-refractivity contribution in [3.05, 3.63) is 35.3 Å². The second kappa shape index (κ2) is 4.84. The molecule has 0 aliphatic carbocycles. The van der Waals surface area contributed by atoms with Crippen LogP contribution in [0.3, 0.4) is 0 Å². The van der Waals surface area contributed by atoms with Crippen LogP contribution in [0.15, 0.2) is 18.3 Å². The summed E-state index contributed by atoms with van der Waals surface area (Å²) in [5.41, 5.74) is 4.55. The van der Waals surface area contributed by atoms with Gasteiger partial charge in [0.25, 0.3) is 0 Å². The smallest absolute Gasteiger partial charge is 0.122 e. The maximum atomic E-state index is 5.30. The normalized spacial score (nSPS) is 10.6. The number of aromatic nitrogens is 2. The monoisotopic (exact) mass is 248 g/mol. The van der Waals surface area contributed by atoms with Crippen LogP contribution in [0, 0.1) is 13.8 Å². The zero-order valence-electron chi connectivity index (χ0n) is 10.2. The number of thiol groups is 1. The van der Waals surface area contributed by atoms with E-state index in [1.807, 2.05) is 12.3 Å². The molecule has 0 spiro atoms. The van der Waals surface area contributed by atoms with Crippen LogP contribution in [0.25, 0.3) is 11.3 Å². The number of aromatic amines is 1. The molecule has 0 fully saturated rings. The van der Waals surface area contributed by atoms with Gasteiger partial charge in [0.2, 0.25) is 0 Å². The molecule has 2 aromatic rings. The fourth-order valence-corrected chi connectivity index (χ4v) is 2.05. The summed E-state index contributed by atoms with van der Waals surface area (Å²) in [5, 5.41) is 0. The molecule has 1 heterocycles. The number of hydrogen-bond donors (Lipinski definition) is 2. The van der Waals surface area contributed by atoms with E-state index in [0.717, 1.165) is 28.4 Å². The summed E-state index contributed by atoms with van der Waals surface area (Å²) in [7, 11) is 1.69. The SMILES string of the molecule is COc1ccc(-c2cnc(CS)[nH]2)c(C)c1C. The van der Waals surface area contributed by atoms with E-state index in [4.69, 9.17) is 4.74 Å². The maximum Gasteiger partial charge on any atom is 0.122 e. The van der Waals surface area contributed by atoms with Crippen molar-refractivity contribution in [3.63, 3.8) is 0 Å². The lowest BCUT2D eigenvalue weighted by atomic mass is 10.0. The molecule has 17 heavy (non-hydrogen) atoms. The van der Waals surface area contributed by atoms with Crippen LogP contribution < -0.4 is 4.74 Å². The Bertz CT molecular complexity index is 534. The van der Waals surface area contributed by atoms with E-state index in [9.17, 15) is 0 Å². The van der Waals surface area contributed by atoms with E-state index < -0.39 is 0 Å². The van der Waals surface area contributed by atoms with Crippen molar-refractivity contribution in [1.82, 2.24) is 9.97 Å². The Balaban J connectivity index is 2.49. The molecule has 90 valence electrons. The molecule has 2 rings (SSSR count). The third kappa shape index (κ3) is 2.17. The highest BCUT2D eigenvalue weighted by Gasteiger charge is 2.10. The summed E-state index contributed by atoms with van der Waals surface area (Å²) in [6.45, 7) is 4.15. The van der Waals surface area contributed by atoms with Gasteiger partial charge in [0, 0.05) is 11.3 Å². The minimum absolute atomic E-state index is 0.619. The van der Waals surface area contributed by atoms with Crippen molar-refractivity contribution < 1.29 is 4.74 Å². The van der Waals surface area contributed by atoms with Gasteiger partial charge in [-0.1, -0.05) is 0 Å². The first-order valence-electron chi connectivity index (χ1n) is 5.46. The van der Waals surface area contributed by atoms with Gasteiger partial charge in [0.15, 0.2) is 0 Å². The molecular weight excluding hydrogens is 232 g/mol. The quantitative estimate of drug-likeness (QED) is 0.819. The standard InChI is InChI=1S/C13H16N2OS/c1-8-9(2)12(16-3)5-4-10(8)11-6-14-13(7-17)15-11/h4-6,17H,7H2,1-3H3,(H,14,15). The van der Waals surface area contributed by atoms with Crippen LogP contribution in [0.1, 0.15) is 17.0 Å². The molecule has 0 aliphatic rings. The van der Waals surface area contributed by atoms with Gasteiger partial charge < -0.3 is 9.72 Å². The van der Waals surface area contributed by atoms with Gasteiger partial charge in [0.05, 0.1) is 19.0 Å². The molecule has 0 saturated heterocycles. The Hall–Kier alpha value is -1.42. The molecule has 0 aliphatic heterocycles. The summed E-state index contributed by atoms with van der Waals surface area (Å²) < 4.78 is 5.30. The van der Waals surface area contributed by atoms with E-state index in [1.165, 1.54) is 5.56 Å². The molecule has 1 aromatic heterocycles. The lowest BCUT2D eigenvalue weighted by Crippen LogP contribution is -1.93. The van der Waals surface area contributed by atoms with Gasteiger partial charge in [0.1, 0.15) is 11.6 Å². The van der Waals surface area contributed by atoms with Gasteiger partial charge in [-0.3, -0.25) is 0 Å². The van der Waals surface area contributed by atoms with E-state index in [1.54, 1.807) is 7.11 Å². The Morgan fingerprint density at radius 2 is 2.06 bits per heavy atom. The molecule has 0 amide bonds. The first-order chi connectivity index (χ1) is 8.17. The fourth-order valence-electron chi connectivity index (χ4n) is 1.89. The third-order valence-corrected chi connectivity index (χ3v) is 3.33. The summed E-state index contributed by atoms with van der Waals surface area (Å²) in [6.07, 6.45) is 1.85. The number of hydrogen-bond acceptors (Lipinski definition) is 3. The molecule has 0 radical (unpaired) electrons. The molecule has 3 nitrogen and oxygen atoms in total. The van der Waals surface area contributed by atoms with Crippen molar-refractivity contribution in [2.24, 2.45) is 0 Å². The maximum absolute atomic E-state index is 5.30. The van der Waals surface area contributed by atoms with E-state index in [0.29, 0.717) is 5.75 Å². The highest BCUT2D eigenvalue weighted by atomic mass is 32.1. The van der Waals surface area contributed by atoms with E-state index in [-0.39, 0.29) is 0 Å². The Morgan fingerprint density at radius 3 is 2.65 bits per heavy atom. The Labute approximate surface area is 107 Å². The van der Waals surface area contributed by atoms with Crippen LogP contribution in [-0.2, 0) is 5.75 Å². The van der Waals surface area contributed by atoms with Crippen molar-refractivity contribution in [1.29, 1.82) is 0 Å². The van der Waals surface area contributed by atoms with E-state index in [2.05, 4.69) is 42.5 Å². The number of ether oxygens (including phenoxy) is 1. The summed E-state index contributed by atoms with van der Waals surface area (Å²) >= 11 is 4.20. The molecule has 0 unspecified atom stereocenters. The highest BCUT2D eigenvalue weighted by Crippen LogP contribution is 2.30. The average Bonchev–Trinajstić information content (AvgIpc) is 2.81. The first-order valence-corrected chi connectivity index (χ1v) is 6.10. The van der Waals surface area contributed by atoms with Crippen LogP contribution in [0.5, 0.6) is 5.75 Å². The highest BCUT2D eigenvalue weighted by molar-refractivity contribution is 7.79. The predicted octanol–water partition coefficient (Wildman–Crippen LogP) is 3.13. The zero-order valence-corrected chi connectivity index (χ0v) is 11.1. The minimum atomic E-state index is 0.619. The third-order valence-electron chi connectivity index (χ3n) is 3.03. The summed E-state index contributed by atoms with van der Waals surface area (Å²) in [5.74, 6) is 2.42. The molecular formula is C13H16N2OS. The van der Waals surface area contributed by atoms with Crippen LogP contribution in [0.2, 0.25) is 0 Å². The second-order valence-corrected chi connectivity index (χ2v) is 4.28. The number of H-pyrrole nitrogens is 1. The van der Waals surface area contributed by atoms with Crippen molar-refractivity contribution in [2.75, 3.05) is 7.11 Å². The lowest BCUT2D eigenvalue weighted by molar-refractivity contribution is 0.411. The van der Waals surface area contributed by atoms with Crippen LogP contribution in [0.4, 0.5) is 0 Å². The van der Waals surface area contributed by atoms with Crippen LogP contribution >= 0.6 is 12.6 Å². The van der Waals surface area contributed by atoms with Gasteiger partial charge in [-0.2, -0.15) is 12.6 Å². The molecule has 4 heteroatoms. The Kier molecular flexibility index (Phi) is 3.43. The van der Waals surface area contributed by atoms with Gasteiger partial charge >= 0.3 is 0 Å². The molecule has 0 bridgehead atoms. The molecule has 1 N–H and O–H groups in total. The van der Waals surface area contributed by atoms with Crippen molar-refractivity contribution in [3.8, 4) is 17.0 Å². The number of rotatable bonds is 3. The number of nitrogens with zero attached hydrogens (tertiary/aromatic N) is 1. The number of methoxy groups -OCH3 is 1. The molecule has 0 atom stereocenters.